The molecule has 0 bridgehead atoms. The summed E-state index contributed by atoms with van der Waals surface area (Å²) < 4.78 is 6.84. The van der Waals surface area contributed by atoms with Crippen LogP contribution in [0.5, 0.6) is 5.88 Å². The van der Waals surface area contributed by atoms with Gasteiger partial charge in [-0.1, -0.05) is 0 Å². The van der Waals surface area contributed by atoms with Crippen LogP contribution in [0.4, 0.5) is 0 Å². The van der Waals surface area contributed by atoms with Crippen molar-refractivity contribution in [2.45, 2.75) is 18.8 Å². The lowest BCUT2D eigenvalue weighted by Gasteiger charge is -2.31. The molecule has 1 amide bonds. The summed E-state index contributed by atoms with van der Waals surface area (Å²) in [5.41, 5.74) is 4.13. The van der Waals surface area contributed by atoms with Crippen LogP contribution in [0.15, 0.2) is 49.3 Å². The maximum atomic E-state index is 12.9. The number of hydrogen-bond acceptors (Lipinski definition) is 7. The molecule has 5 rings (SSSR count). The molecular formula is C23H23N7O2. The SMILES string of the molecule is COc1nn(C)cc1C(=O)N1CCC(c2ccc3cc(-c4cncnc4)cnc3n2)CC1. The van der Waals surface area contributed by atoms with Gasteiger partial charge in [0.2, 0.25) is 5.88 Å². The van der Waals surface area contributed by atoms with Crippen molar-refractivity contribution in [2.75, 3.05) is 20.2 Å². The largest absolute Gasteiger partial charge is 0.479 e. The standard InChI is InChI=1S/C23H23N7O2/c1-29-13-19(22(28-29)32-2)23(31)30-7-5-15(6-8-30)20-4-3-16-9-17(12-26-21(16)27-20)18-10-24-14-25-11-18/h3-4,9-15H,5-8H2,1-2H3. The van der Waals surface area contributed by atoms with Gasteiger partial charge in [-0.05, 0) is 31.0 Å². The van der Waals surface area contributed by atoms with Gasteiger partial charge in [0.1, 0.15) is 11.9 Å². The van der Waals surface area contributed by atoms with Crippen LogP contribution in [-0.2, 0) is 7.05 Å². The Hall–Kier alpha value is -3.88. The number of methoxy groups -OCH3 is 1. The van der Waals surface area contributed by atoms with Gasteiger partial charge in [-0.2, -0.15) is 0 Å². The number of ether oxygens (including phenoxy) is 1. The smallest absolute Gasteiger partial charge is 0.260 e. The van der Waals surface area contributed by atoms with Crippen molar-refractivity contribution in [1.82, 2.24) is 34.6 Å². The Morgan fingerprint density at radius 2 is 1.88 bits per heavy atom. The first-order chi connectivity index (χ1) is 15.6. The quantitative estimate of drug-likeness (QED) is 0.492. The second-order valence-electron chi connectivity index (χ2n) is 7.93. The first kappa shape index (κ1) is 20.0. The number of carbonyl (C=O) groups excluding carboxylic acids is 1. The van der Waals surface area contributed by atoms with Gasteiger partial charge in [0.05, 0.1) is 7.11 Å². The molecule has 0 aliphatic carbocycles. The van der Waals surface area contributed by atoms with E-state index < -0.39 is 0 Å². The Morgan fingerprint density at radius 1 is 1.09 bits per heavy atom. The number of fused-ring (bicyclic) bond motifs is 1. The third kappa shape index (κ3) is 3.77. The summed E-state index contributed by atoms with van der Waals surface area (Å²) in [4.78, 5) is 32.3. The molecule has 4 aromatic rings. The van der Waals surface area contributed by atoms with E-state index in [4.69, 9.17) is 9.72 Å². The monoisotopic (exact) mass is 429 g/mol. The molecule has 0 atom stereocenters. The highest BCUT2D eigenvalue weighted by Crippen LogP contribution is 2.30. The average molecular weight is 429 g/mol. The summed E-state index contributed by atoms with van der Waals surface area (Å²) in [6.45, 7) is 1.34. The van der Waals surface area contributed by atoms with Crippen molar-refractivity contribution in [3.8, 4) is 17.0 Å². The average Bonchev–Trinajstić information content (AvgIpc) is 3.24. The molecule has 9 nitrogen and oxygen atoms in total. The fourth-order valence-electron chi connectivity index (χ4n) is 4.17. The van der Waals surface area contributed by atoms with Crippen LogP contribution in [-0.4, -0.2) is 60.7 Å². The molecule has 1 fully saturated rings. The van der Waals surface area contributed by atoms with Gasteiger partial charge in [-0.25, -0.2) is 19.9 Å². The Bertz CT molecular complexity index is 1260. The molecule has 0 aromatic carbocycles. The molecule has 1 aliphatic heterocycles. The van der Waals surface area contributed by atoms with E-state index in [-0.39, 0.29) is 5.91 Å². The highest BCUT2D eigenvalue weighted by molar-refractivity contribution is 5.96. The number of nitrogens with zero attached hydrogens (tertiary/aromatic N) is 7. The molecule has 4 aromatic heterocycles. The van der Waals surface area contributed by atoms with Gasteiger partial charge in [-0.3, -0.25) is 9.48 Å². The number of likely N-dealkylation sites (tertiary alicyclic amines) is 1. The number of amides is 1. The number of aryl methyl sites for hydroxylation is 1. The van der Waals surface area contributed by atoms with E-state index in [0.717, 1.165) is 40.7 Å². The lowest BCUT2D eigenvalue weighted by molar-refractivity contribution is 0.0708. The van der Waals surface area contributed by atoms with E-state index in [0.29, 0.717) is 30.5 Å². The zero-order valence-corrected chi connectivity index (χ0v) is 18.0. The van der Waals surface area contributed by atoms with Crippen LogP contribution in [0.3, 0.4) is 0 Å². The number of piperidine rings is 1. The second kappa shape index (κ2) is 8.33. The van der Waals surface area contributed by atoms with E-state index in [1.807, 2.05) is 4.90 Å². The number of aromatic nitrogens is 6. The minimum atomic E-state index is -0.0426. The van der Waals surface area contributed by atoms with Crippen molar-refractivity contribution >= 4 is 16.9 Å². The van der Waals surface area contributed by atoms with Gasteiger partial charge in [0.25, 0.3) is 5.91 Å². The van der Waals surface area contributed by atoms with Crippen molar-refractivity contribution in [2.24, 2.45) is 7.05 Å². The molecule has 5 heterocycles. The third-order valence-corrected chi connectivity index (χ3v) is 5.88. The maximum Gasteiger partial charge on any atom is 0.260 e. The lowest BCUT2D eigenvalue weighted by atomic mass is 9.92. The molecule has 0 saturated carbocycles. The lowest BCUT2D eigenvalue weighted by Crippen LogP contribution is -2.38. The number of carbonyl (C=O) groups is 1. The predicted octanol–water partition coefficient (Wildman–Crippen LogP) is 2.85. The predicted molar refractivity (Wildman–Crippen MR) is 118 cm³/mol. The summed E-state index contributed by atoms with van der Waals surface area (Å²) in [6, 6.07) is 6.19. The summed E-state index contributed by atoms with van der Waals surface area (Å²) in [6.07, 6.45) is 10.3. The summed E-state index contributed by atoms with van der Waals surface area (Å²) in [5.74, 6) is 0.616. The molecule has 0 radical (unpaired) electrons. The molecule has 0 N–H and O–H groups in total. The van der Waals surface area contributed by atoms with Gasteiger partial charge in [-0.15, -0.1) is 5.10 Å². The molecule has 1 aliphatic rings. The van der Waals surface area contributed by atoms with E-state index in [9.17, 15) is 4.79 Å². The van der Waals surface area contributed by atoms with Crippen LogP contribution >= 0.6 is 0 Å². The second-order valence-corrected chi connectivity index (χ2v) is 7.93. The maximum absolute atomic E-state index is 12.9. The van der Waals surface area contributed by atoms with Crippen molar-refractivity contribution in [3.05, 3.63) is 60.6 Å². The number of hydrogen-bond donors (Lipinski definition) is 0. The van der Waals surface area contributed by atoms with Gasteiger partial charge >= 0.3 is 0 Å². The molecule has 9 heteroatoms. The van der Waals surface area contributed by atoms with Gasteiger partial charge < -0.3 is 9.64 Å². The Morgan fingerprint density at radius 3 is 2.62 bits per heavy atom. The zero-order valence-electron chi connectivity index (χ0n) is 18.0. The van der Waals surface area contributed by atoms with Crippen molar-refractivity contribution in [1.29, 1.82) is 0 Å². The minimum Gasteiger partial charge on any atom is -0.479 e. The Balaban J connectivity index is 1.30. The van der Waals surface area contributed by atoms with E-state index in [1.165, 1.54) is 13.4 Å². The first-order valence-electron chi connectivity index (χ1n) is 10.5. The van der Waals surface area contributed by atoms with Crippen molar-refractivity contribution in [3.63, 3.8) is 0 Å². The number of pyridine rings is 2. The third-order valence-electron chi connectivity index (χ3n) is 5.88. The molecule has 0 unspecified atom stereocenters. The summed E-state index contributed by atoms with van der Waals surface area (Å²) in [5, 5.41) is 5.16. The van der Waals surface area contributed by atoms with E-state index in [2.05, 4.69) is 38.2 Å². The summed E-state index contributed by atoms with van der Waals surface area (Å²) in [7, 11) is 3.31. The van der Waals surface area contributed by atoms with Crippen LogP contribution in [0.2, 0.25) is 0 Å². The topological polar surface area (TPSA) is 98.9 Å². The molecule has 1 saturated heterocycles. The van der Waals surface area contributed by atoms with E-state index >= 15 is 0 Å². The summed E-state index contributed by atoms with van der Waals surface area (Å²) >= 11 is 0. The van der Waals surface area contributed by atoms with Crippen LogP contribution in [0.1, 0.15) is 34.8 Å². The molecular weight excluding hydrogens is 406 g/mol. The highest BCUT2D eigenvalue weighted by Gasteiger charge is 2.28. The number of rotatable bonds is 4. The van der Waals surface area contributed by atoms with Gasteiger partial charge in [0, 0.05) is 73.0 Å². The molecule has 32 heavy (non-hydrogen) atoms. The van der Waals surface area contributed by atoms with Crippen LogP contribution in [0, 0.1) is 0 Å². The normalized spacial score (nSPS) is 14.6. The Labute approximate surface area is 185 Å². The fraction of sp³-hybridized carbons (Fsp3) is 0.304. The van der Waals surface area contributed by atoms with E-state index in [1.54, 1.807) is 36.5 Å². The van der Waals surface area contributed by atoms with Crippen molar-refractivity contribution < 1.29 is 9.53 Å². The van der Waals surface area contributed by atoms with Crippen LogP contribution in [0.25, 0.3) is 22.2 Å². The van der Waals surface area contributed by atoms with Gasteiger partial charge in [0.15, 0.2) is 5.65 Å². The zero-order chi connectivity index (χ0) is 22.1. The highest BCUT2D eigenvalue weighted by atomic mass is 16.5. The molecule has 0 spiro atoms. The fourth-order valence-corrected chi connectivity index (χ4v) is 4.17. The Kier molecular flexibility index (Phi) is 5.22. The molecule has 162 valence electrons. The first-order valence-corrected chi connectivity index (χ1v) is 10.5. The van der Waals surface area contributed by atoms with Crippen LogP contribution < -0.4 is 4.74 Å². The minimum absolute atomic E-state index is 0.0426.